The quantitative estimate of drug-likeness (QED) is 0.847. The molecule has 0 bridgehead atoms. The lowest BCUT2D eigenvalue weighted by Crippen LogP contribution is -2.02. The molecule has 2 rings (SSSR count). The van der Waals surface area contributed by atoms with E-state index in [1.54, 1.807) is 0 Å². The van der Waals surface area contributed by atoms with Crippen molar-refractivity contribution in [2.75, 3.05) is 0 Å². The molecule has 0 radical (unpaired) electrons. The molecule has 0 fully saturated rings. The predicted molar refractivity (Wildman–Crippen MR) is 60.9 cm³/mol. The molecule has 78 valence electrons. The first-order chi connectivity index (χ1) is 7.29. The van der Waals surface area contributed by atoms with Gasteiger partial charge in [0.05, 0.1) is 6.61 Å². The van der Waals surface area contributed by atoms with E-state index in [1.165, 1.54) is 0 Å². The first-order valence-electron chi connectivity index (χ1n) is 4.79. The number of aliphatic hydroxyl groups is 1. The van der Waals surface area contributed by atoms with Gasteiger partial charge >= 0.3 is 0 Å². The van der Waals surface area contributed by atoms with Crippen LogP contribution in [0.2, 0.25) is 5.02 Å². The van der Waals surface area contributed by atoms with E-state index in [0.29, 0.717) is 0 Å². The molecule has 0 spiro atoms. The van der Waals surface area contributed by atoms with Crippen LogP contribution in [-0.2, 0) is 13.2 Å². The van der Waals surface area contributed by atoms with Gasteiger partial charge in [0.1, 0.15) is 0 Å². The van der Waals surface area contributed by atoms with Gasteiger partial charge in [0.15, 0.2) is 0 Å². The normalized spacial score (nSPS) is 10.5. The third kappa shape index (κ3) is 2.41. The number of hydrogen-bond acceptors (Lipinski definition) is 1. The minimum atomic E-state index is 0.0631. The Kier molecular flexibility index (Phi) is 3.09. The summed E-state index contributed by atoms with van der Waals surface area (Å²) in [6.45, 7) is 0.803. The number of rotatable bonds is 3. The number of halogens is 1. The topological polar surface area (TPSA) is 25.2 Å². The van der Waals surface area contributed by atoms with Gasteiger partial charge in [-0.05, 0) is 29.8 Å². The molecule has 0 amide bonds. The fourth-order valence-electron chi connectivity index (χ4n) is 1.58. The summed E-state index contributed by atoms with van der Waals surface area (Å²) in [5.74, 6) is 0. The van der Waals surface area contributed by atoms with Crippen molar-refractivity contribution in [3.05, 3.63) is 58.9 Å². The van der Waals surface area contributed by atoms with Gasteiger partial charge < -0.3 is 9.67 Å². The van der Waals surface area contributed by atoms with Gasteiger partial charge in [-0.2, -0.15) is 0 Å². The summed E-state index contributed by atoms with van der Waals surface area (Å²) in [4.78, 5) is 0. The van der Waals surface area contributed by atoms with E-state index < -0.39 is 0 Å². The van der Waals surface area contributed by atoms with Crippen molar-refractivity contribution in [2.45, 2.75) is 13.2 Å². The average Bonchev–Trinajstić information content (AvgIpc) is 2.65. The highest BCUT2D eigenvalue weighted by Crippen LogP contribution is 2.13. The van der Waals surface area contributed by atoms with Gasteiger partial charge in [-0.3, -0.25) is 0 Å². The molecule has 1 heterocycles. The van der Waals surface area contributed by atoms with Crippen molar-refractivity contribution < 1.29 is 5.11 Å². The second kappa shape index (κ2) is 4.51. The van der Waals surface area contributed by atoms with E-state index in [2.05, 4.69) is 0 Å². The smallest absolute Gasteiger partial charge is 0.0832 e. The van der Waals surface area contributed by atoms with E-state index >= 15 is 0 Å². The molecule has 0 saturated heterocycles. The summed E-state index contributed by atoms with van der Waals surface area (Å²) in [7, 11) is 0. The standard InChI is InChI=1S/C12H12ClNO/c13-11-4-1-3-10(7-11)8-14-6-2-5-12(14)9-15/h1-7,15H,8-9H2. The molecule has 0 unspecified atom stereocenters. The third-order valence-corrected chi connectivity index (χ3v) is 2.56. The van der Waals surface area contributed by atoms with Gasteiger partial charge in [0, 0.05) is 23.5 Å². The molecule has 0 saturated carbocycles. The molecule has 0 atom stereocenters. The highest BCUT2D eigenvalue weighted by atomic mass is 35.5. The van der Waals surface area contributed by atoms with Crippen molar-refractivity contribution >= 4 is 11.6 Å². The fraction of sp³-hybridized carbons (Fsp3) is 0.167. The lowest BCUT2D eigenvalue weighted by Gasteiger charge is -2.07. The van der Waals surface area contributed by atoms with Crippen LogP contribution in [0.1, 0.15) is 11.3 Å². The van der Waals surface area contributed by atoms with Gasteiger partial charge in [-0.15, -0.1) is 0 Å². The zero-order chi connectivity index (χ0) is 10.7. The van der Waals surface area contributed by atoms with E-state index in [-0.39, 0.29) is 6.61 Å². The number of benzene rings is 1. The average molecular weight is 222 g/mol. The lowest BCUT2D eigenvalue weighted by atomic mass is 10.2. The molecule has 15 heavy (non-hydrogen) atoms. The number of aliphatic hydroxyl groups excluding tert-OH is 1. The molecule has 2 nitrogen and oxygen atoms in total. The second-order valence-electron chi connectivity index (χ2n) is 3.42. The van der Waals surface area contributed by atoms with Crippen LogP contribution in [0.15, 0.2) is 42.6 Å². The highest BCUT2D eigenvalue weighted by Gasteiger charge is 2.00. The van der Waals surface area contributed by atoms with Crippen LogP contribution in [0.4, 0.5) is 0 Å². The Morgan fingerprint density at radius 3 is 2.80 bits per heavy atom. The third-order valence-electron chi connectivity index (χ3n) is 2.33. The van der Waals surface area contributed by atoms with Crippen LogP contribution in [0.5, 0.6) is 0 Å². The molecular formula is C12H12ClNO. The Bertz CT molecular complexity index is 450. The molecule has 0 aliphatic heterocycles. The first kappa shape index (κ1) is 10.3. The van der Waals surface area contributed by atoms with Crippen LogP contribution >= 0.6 is 11.6 Å². The second-order valence-corrected chi connectivity index (χ2v) is 3.85. The monoisotopic (exact) mass is 221 g/mol. The maximum absolute atomic E-state index is 9.09. The lowest BCUT2D eigenvalue weighted by molar-refractivity contribution is 0.271. The predicted octanol–water partition coefficient (Wildman–Crippen LogP) is 2.68. The Balaban J connectivity index is 2.22. The van der Waals surface area contributed by atoms with Gasteiger partial charge in [0.25, 0.3) is 0 Å². The summed E-state index contributed by atoms with van der Waals surface area (Å²) in [5.41, 5.74) is 2.04. The van der Waals surface area contributed by atoms with Crippen molar-refractivity contribution in [3.63, 3.8) is 0 Å². The molecule has 0 aliphatic rings. The summed E-state index contributed by atoms with van der Waals surface area (Å²) in [6.07, 6.45) is 1.95. The maximum Gasteiger partial charge on any atom is 0.0832 e. The molecular weight excluding hydrogens is 210 g/mol. The molecule has 1 aromatic carbocycles. The Morgan fingerprint density at radius 2 is 2.07 bits per heavy atom. The maximum atomic E-state index is 9.09. The molecule has 3 heteroatoms. The van der Waals surface area contributed by atoms with Crippen LogP contribution in [-0.4, -0.2) is 9.67 Å². The number of hydrogen-bond donors (Lipinski definition) is 1. The van der Waals surface area contributed by atoms with Crippen LogP contribution < -0.4 is 0 Å². The SMILES string of the molecule is OCc1cccn1Cc1cccc(Cl)c1. The molecule has 1 N–H and O–H groups in total. The van der Waals surface area contributed by atoms with Crippen molar-refractivity contribution in [2.24, 2.45) is 0 Å². The van der Waals surface area contributed by atoms with Gasteiger partial charge in [0.2, 0.25) is 0 Å². The summed E-state index contributed by atoms with van der Waals surface area (Å²) < 4.78 is 2.01. The van der Waals surface area contributed by atoms with Crippen LogP contribution in [0.25, 0.3) is 0 Å². The van der Waals surface area contributed by atoms with Crippen molar-refractivity contribution in [3.8, 4) is 0 Å². The van der Waals surface area contributed by atoms with Crippen LogP contribution in [0, 0.1) is 0 Å². The Hall–Kier alpha value is -1.25. The fourth-order valence-corrected chi connectivity index (χ4v) is 1.79. The van der Waals surface area contributed by atoms with Crippen molar-refractivity contribution in [1.29, 1.82) is 0 Å². The van der Waals surface area contributed by atoms with E-state index in [9.17, 15) is 0 Å². The minimum Gasteiger partial charge on any atom is -0.390 e. The summed E-state index contributed by atoms with van der Waals surface area (Å²) in [5, 5.41) is 9.83. The molecule has 2 aromatic rings. The van der Waals surface area contributed by atoms with E-state index in [0.717, 1.165) is 22.8 Å². The van der Waals surface area contributed by atoms with Gasteiger partial charge in [-0.25, -0.2) is 0 Å². The Morgan fingerprint density at radius 1 is 1.20 bits per heavy atom. The zero-order valence-electron chi connectivity index (χ0n) is 8.23. The van der Waals surface area contributed by atoms with Crippen LogP contribution in [0.3, 0.4) is 0 Å². The number of nitrogens with zero attached hydrogens (tertiary/aromatic N) is 1. The van der Waals surface area contributed by atoms with E-state index in [1.807, 2.05) is 47.2 Å². The first-order valence-corrected chi connectivity index (χ1v) is 5.17. The zero-order valence-corrected chi connectivity index (χ0v) is 8.98. The molecule has 1 aromatic heterocycles. The van der Waals surface area contributed by atoms with Crippen molar-refractivity contribution in [1.82, 2.24) is 4.57 Å². The highest BCUT2D eigenvalue weighted by molar-refractivity contribution is 6.30. The summed E-state index contributed by atoms with van der Waals surface area (Å²) in [6, 6.07) is 11.6. The van der Waals surface area contributed by atoms with Gasteiger partial charge in [-0.1, -0.05) is 23.7 Å². The Labute approximate surface area is 93.7 Å². The summed E-state index contributed by atoms with van der Waals surface area (Å²) >= 11 is 5.90. The molecule has 0 aliphatic carbocycles. The van der Waals surface area contributed by atoms with E-state index in [4.69, 9.17) is 16.7 Å². The number of aromatic nitrogens is 1. The largest absolute Gasteiger partial charge is 0.390 e. The minimum absolute atomic E-state index is 0.0631.